The number of hydrogen-bond donors (Lipinski definition) is 0. The van der Waals surface area contributed by atoms with Crippen LogP contribution < -0.4 is 0 Å². The number of carbonyl (C=O) groups is 1. The summed E-state index contributed by atoms with van der Waals surface area (Å²) in [6.07, 6.45) is 0.968. The van der Waals surface area contributed by atoms with E-state index in [0.717, 1.165) is 13.0 Å². The second kappa shape index (κ2) is 3.64. The quantitative estimate of drug-likeness (QED) is 0.602. The summed E-state index contributed by atoms with van der Waals surface area (Å²) in [6.45, 7) is 2.66. The average Bonchev–Trinajstić information content (AvgIpc) is 2.51. The SMILES string of the molecule is CN(C(=O)C1COC1)C1CCOC1. The van der Waals surface area contributed by atoms with E-state index in [1.54, 1.807) is 0 Å². The van der Waals surface area contributed by atoms with Gasteiger partial charge < -0.3 is 14.4 Å². The van der Waals surface area contributed by atoms with Gasteiger partial charge in [0, 0.05) is 13.7 Å². The predicted octanol–water partition coefficient (Wildman–Crippen LogP) is -0.120. The van der Waals surface area contributed by atoms with Gasteiger partial charge in [-0.25, -0.2) is 0 Å². The zero-order valence-electron chi connectivity index (χ0n) is 7.86. The molecular weight excluding hydrogens is 170 g/mol. The van der Waals surface area contributed by atoms with Crippen molar-refractivity contribution in [1.82, 2.24) is 4.90 Å². The van der Waals surface area contributed by atoms with Gasteiger partial charge in [-0.15, -0.1) is 0 Å². The molecule has 0 aromatic carbocycles. The van der Waals surface area contributed by atoms with E-state index in [9.17, 15) is 4.79 Å². The van der Waals surface area contributed by atoms with Crippen molar-refractivity contribution in [2.75, 3.05) is 33.5 Å². The van der Waals surface area contributed by atoms with Crippen LogP contribution in [0.4, 0.5) is 0 Å². The molecule has 13 heavy (non-hydrogen) atoms. The second-order valence-electron chi connectivity index (χ2n) is 3.70. The first-order valence-corrected chi connectivity index (χ1v) is 4.71. The van der Waals surface area contributed by atoms with Crippen LogP contribution in [0, 0.1) is 5.92 Å². The van der Waals surface area contributed by atoms with Gasteiger partial charge in [0.15, 0.2) is 0 Å². The van der Waals surface area contributed by atoms with Crippen LogP contribution in [0.3, 0.4) is 0 Å². The summed E-state index contributed by atoms with van der Waals surface area (Å²) in [7, 11) is 1.86. The summed E-state index contributed by atoms with van der Waals surface area (Å²) in [5.74, 6) is 0.312. The Hall–Kier alpha value is -0.610. The van der Waals surface area contributed by atoms with E-state index < -0.39 is 0 Å². The van der Waals surface area contributed by atoms with E-state index in [-0.39, 0.29) is 17.9 Å². The molecule has 0 aliphatic carbocycles. The van der Waals surface area contributed by atoms with Crippen LogP contribution >= 0.6 is 0 Å². The Balaban J connectivity index is 1.87. The van der Waals surface area contributed by atoms with Crippen molar-refractivity contribution in [3.63, 3.8) is 0 Å². The highest BCUT2D eigenvalue weighted by Crippen LogP contribution is 2.17. The lowest BCUT2D eigenvalue weighted by Crippen LogP contribution is -2.47. The van der Waals surface area contributed by atoms with Gasteiger partial charge in [0.25, 0.3) is 0 Å². The van der Waals surface area contributed by atoms with Crippen LogP contribution in [-0.2, 0) is 14.3 Å². The van der Waals surface area contributed by atoms with E-state index in [4.69, 9.17) is 9.47 Å². The van der Waals surface area contributed by atoms with Crippen molar-refractivity contribution < 1.29 is 14.3 Å². The standard InChI is InChI=1S/C9H15NO3/c1-10(8-2-3-12-6-8)9(11)7-4-13-5-7/h7-8H,2-6H2,1H3. The summed E-state index contributed by atoms with van der Waals surface area (Å²) in [4.78, 5) is 13.5. The summed E-state index contributed by atoms with van der Waals surface area (Å²) in [5.41, 5.74) is 0. The molecule has 2 aliphatic heterocycles. The van der Waals surface area contributed by atoms with Gasteiger partial charge >= 0.3 is 0 Å². The number of nitrogens with zero attached hydrogens (tertiary/aromatic N) is 1. The molecule has 74 valence electrons. The van der Waals surface area contributed by atoms with Gasteiger partial charge in [0.1, 0.15) is 0 Å². The van der Waals surface area contributed by atoms with Gasteiger partial charge in [0.2, 0.25) is 5.91 Å². The molecule has 1 unspecified atom stereocenters. The zero-order valence-corrected chi connectivity index (χ0v) is 7.86. The normalized spacial score (nSPS) is 28.5. The fourth-order valence-electron chi connectivity index (χ4n) is 1.67. The Morgan fingerprint density at radius 3 is 2.54 bits per heavy atom. The smallest absolute Gasteiger partial charge is 0.230 e. The minimum absolute atomic E-state index is 0.102. The summed E-state index contributed by atoms with van der Waals surface area (Å²) >= 11 is 0. The Bertz CT molecular complexity index is 197. The molecule has 2 aliphatic rings. The molecule has 1 amide bonds. The molecular formula is C9H15NO3. The molecule has 0 aromatic heterocycles. The van der Waals surface area contributed by atoms with E-state index in [1.165, 1.54) is 0 Å². The Morgan fingerprint density at radius 1 is 1.31 bits per heavy atom. The summed E-state index contributed by atoms with van der Waals surface area (Å²) < 4.78 is 10.2. The third-order valence-corrected chi connectivity index (χ3v) is 2.79. The molecule has 0 saturated carbocycles. The van der Waals surface area contributed by atoms with E-state index in [0.29, 0.717) is 19.8 Å². The number of ether oxygens (including phenoxy) is 2. The van der Waals surface area contributed by atoms with Crippen molar-refractivity contribution in [3.8, 4) is 0 Å². The maximum Gasteiger partial charge on any atom is 0.230 e. The second-order valence-corrected chi connectivity index (χ2v) is 3.70. The van der Waals surface area contributed by atoms with Gasteiger partial charge in [-0.05, 0) is 6.42 Å². The highest BCUT2D eigenvalue weighted by Gasteiger charge is 2.33. The number of rotatable bonds is 2. The van der Waals surface area contributed by atoms with Crippen LogP contribution in [0.2, 0.25) is 0 Å². The summed E-state index contributed by atoms with van der Waals surface area (Å²) in [6, 6.07) is 0.285. The summed E-state index contributed by atoms with van der Waals surface area (Å²) in [5, 5.41) is 0. The third-order valence-electron chi connectivity index (χ3n) is 2.79. The van der Waals surface area contributed by atoms with Crippen LogP contribution in [0.15, 0.2) is 0 Å². The Morgan fingerprint density at radius 2 is 2.08 bits per heavy atom. The topological polar surface area (TPSA) is 38.8 Å². The Labute approximate surface area is 77.8 Å². The van der Waals surface area contributed by atoms with E-state index in [2.05, 4.69) is 0 Å². The van der Waals surface area contributed by atoms with Gasteiger partial charge in [-0.3, -0.25) is 4.79 Å². The van der Waals surface area contributed by atoms with Crippen LogP contribution in [0.1, 0.15) is 6.42 Å². The molecule has 0 spiro atoms. The number of carbonyl (C=O) groups excluding carboxylic acids is 1. The van der Waals surface area contributed by atoms with Crippen LogP contribution in [-0.4, -0.2) is 50.3 Å². The van der Waals surface area contributed by atoms with Crippen molar-refractivity contribution in [2.24, 2.45) is 5.92 Å². The van der Waals surface area contributed by atoms with Gasteiger partial charge in [0.05, 0.1) is 31.8 Å². The molecule has 0 aromatic rings. The molecule has 2 saturated heterocycles. The lowest BCUT2D eigenvalue weighted by atomic mass is 10.1. The minimum atomic E-state index is 0.102. The van der Waals surface area contributed by atoms with Crippen molar-refractivity contribution in [2.45, 2.75) is 12.5 Å². The third kappa shape index (κ3) is 1.69. The molecule has 0 radical (unpaired) electrons. The largest absolute Gasteiger partial charge is 0.380 e. The maximum atomic E-state index is 11.7. The van der Waals surface area contributed by atoms with Crippen LogP contribution in [0.5, 0.6) is 0 Å². The van der Waals surface area contributed by atoms with Gasteiger partial charge in [-0.2, -0.15) is 0 Å². The number of likely N-dealkylation sites (N-methyl/N-ethyl adjacent to an activating group) is 1. The highest BCUT2D eigenvalue weighted by molar-refractivity contribution is 5.79. The number of amides is 1. The zero-order chi connectivity index (χ0) is 9.26. The average molecular weight is 185 g/mol. The molecule has 2 heterocycles. The van der Waals surface area contributed by atoms with E-state index in [1.807, 2.05) is 11.9 Å². The van der Waals surface area contributed by atoms with Crippen LogP contribution in [0.25, 0.3) is 0 Å². The molecule has 0 bridgehead atoms. The molecule has 1 atom stereocenters. The molecule has 2 rings (SSSR count). The van der Waals surface area contributed by atoms with E-state index >= 15 is 0 Å². The first-order chi connectivity index (χ1) is 6.29. The van der Waals surface area contributed by atoms with Gasteiger partial charge in [-0.1, -0.05) is 0 Å². The van der Waals surface area contributed by atoms with Crippen molar-refractivity contribution in [1.29, 1.82) is 0 Å². The fraction of sp³-hybridized carbons (Fsp3) is 0.889. The highest BCUT2D eigenvalue weighted by atomic mass is 16.5. The minimum Gasteiger partial charge on any atom is -0.380 e. The monoisotopic (exact) mass is 185 g/mol. The molecule has 2 fully saturated rings. The first kappa shape index (κ1) is 8.97. The fourth-order valence-corrected chi connectivity index (χ4v) is 1.67. The first-order valence-electron chi connectivity index (χ1n) is 4.71. The molecule has 0 N–H and O–H groups in total. The predicted molar refractivity (Wildman–Crippen MR) is 46.3 cm³/mol. The maximum absolute atomic E-state index is 11.7. The van der Waals surface area contributed by atoms with Crippen molar-refractivity contribution in [3.05, 3.63) is 0 Å². The lowest BCUT2D eigenvalue weighted by molar-refractivity contribution is -0.150. The number of hydrogen-bond acceptors (Lipinski definition) is 3. The lowest BCUT2D eigenvalue weighted by Gasteiger charge is -2.32. The molecule has 4 heteroatoms. The van der Waals surface area contributed by atoms with Crippen molar-refractivity contribution >= 4 is 5.91 Å². The Kier molecular flexibility index (Phi) is 2.51. The molecule has 4 nitrogen and oxygen atoms in total.